The highest BCUT2D eigenvalue weighted by atomic mass is 16.6. The lowest BCUT2D eigenvalue weighted by Gasteiger charge is -2.15. The number of esters is 2. The number of ether oxygens (including phenoxy) is 2. The molecule has 2 atom stereocenters. The SMILES string of the molecule is CC/C=C\C/C=C\CC(O)/C=C/C=C\C/C=C\CCCC(=O)O[C@@H](CO)COC(=O)CCCCCCC. The number of hydrogen-bond acceptors (Lipinski definition) is 6. The van der Waals surface area contributed by atoms with Crippen LogP contribution in [0.4, 0.5) is 0 Å². The third-order valence-electron chi connectivity index (χ3n) is 5.41. The molecular weight excluding hydrogens is 468 g/mol. The lowest BCUT2D eigenvalue weighted by molar-refractivity contribution is -0.161. The van der Waals surface area contributed by atoms with E-state index in [1.807, 2.05) is 36.5 Å². The van der Waals surface area contributed by atoms with Crippen molar-refractivity contribution in [2.24, 2.45) is 0 Å². The van der Waals surface area contributed by atoms with Gasteiger partial charge in [0.15, 0.2) is 6.10 Å². The number of carbonyl (C=O) groups is 2. The fraction of sp³-hybridized carbons (Fsp3) is 0.613. The van der Waals surface area contributed by atoms with Crippen LogP contribution in [-0.2, 0) is 19.1 Å². The van der Waals surface area contributed by atoms with Gasteiger partial charge in [-0.2, -0.15) is 0 Å². The normalized spacial score (nSPS) is 13.9. The van der Waals surface area contributed by atoms with Crippen molar-refractivity contribution in [3.8, 4) is 0 Å². The Labute approximate surface area is 224 Å². The summed E-state index contributed by atoms with van der Waals surface area (Å²) in [4.78, 5) is 23.7. The molecule has 210 valence electrons. The van der Waals surface area contributed by atoms with Gasteiger partial charge in [0.2, 0.25) is 0 Å². The molecule has 6 nitrogen and oxygen atoms in total. The van der Waals surface area contributed by atoms with Crippen LogP contribution in [0.1, 0.15) is 97.3 Å². The minimum Gasteiger partial charge on any atom is -0.462 e. The summed E-state index contributed by atoms with van der Waals surface area (Å²) in [6.45, 7) is 3.76. The Kier molecular flexibility index (Phi) is 24.9. The number of aliphatic hydroxyl groups excluding tert-OH is 2. The summed E-state index contributed by atoms with van der Waals surface area (Å²) in [5.74, 6) is -0.723. The van der Waals surface area contributed by atoms with E-state index in [9.17, 15) is 19.8 Å². The summed E-state index contributed by atoms with van der Waals surface area (Å²) in [6.07, 6.45) is 29.1. The molecule has 6 heteroatoms. The van der Waals surface area contributed by atoms with Crippen molar-refractivity contribution in [1.82, 2.24) is 0 Å². The molecule has 0 heterocycles. The van der Waals surface area contributed by atoms with Gasteiger partial charge in [-0.1, -0.05) is 100 Å². The van der Waals surface area contributed by atoms with Crippen molar-refractivity contribution in [1.29, 1.82) is 0 Å². The number of rotatable bonds is 23. The lowest BCUT2D eigenvalue weighted by Crippen LogP contribution is -2.28. The highest BCUT2D eigenvalue weighted by molar-refractivity contribution is 5.70. The van der Waals surface area contributed by atoms with Gasteiger partial charge in [0.1, 0.15) is 6.61 Å². The topological polar surface area (TPSA) is 93.1 Å². The van der Waals surface area contributed by atoms with Crippen molar-refractivity contribution < 1.29 is 29.3 Å². The van der Waals surface area contributed by atoms with Gasteiger partial charge in [0.05, 0.1) is 12.7 Å². The Morgan fingerprint density at radius 1 is 0.784 bits per heavy atom. The van der Waals surface area contributed by atoms with E-state index >= 15 is 0 Å². The van der Waals surface area contributed by atoms with Crippen LogP contribution in [0.15, 0.2) is 60.8 Å². The number of allylic oxidation sites excluding steroid dienone is 8. The van der Waals surface area contributed by atoms with E-state index in [0.717, 1.165) is 51.4 Å². The molecule has 0 saturated carbocycles. The van der Waals surface area contributed by atoms with E-state index in [4.69, 9.17) is 9.47 Å². The van der Waals surface area contributed by atoms with Gasteiger partial charge < -0.3 is 19.7 Å². The zero-order valence-corrected chi connectivity index (χ0v) is 23.1. The number of unbranched alkanes of at least 4 members (excludes halogenated alkanes) is 5. The van der Waals surface area contributed by atoms with E-state index in [2.05, 4.69) is 32.1 Å². The summed E-state index contributed by atoms with van der Waals surface area (Å²) in [7, 11) is 0. The van der Waals surface area contributed by atoms with Crippen molar-refractivity contribution in [3.63, 3.8) is 0 Å². The molecule has 0 aliphatic rings. The van der Waals surface area contributed by atoms with Gasteiger partial charge in [0, 0.05) is 12.8 Å². The van der Waals surface area contributed by atoms with Crippen LogP contribution in [-0.4, -0.2) is 47.6 Å². The monoisotopic (exact) mass is 518 g/mol. The standard InChI is InChI=1S/C31H50O6/c1-3-5-7-9-15-18-22-28(33)23-19-16-12-10-11-13-17-21-25-31(35)37-29(26-32)27-36-30(34)24-20-14-8-6-4-2/h5,7,11-13,15-16,18-19,23,28-29,32-33H,3-4,6,8-10,14,17,20-22,24-27H2,1-2H3/b7-5-,13-11-,16-12-,18-15-,23-19+/t28?,29-/m0/s1. The van der Waals surface area contributed by atoms with Gasteiger partial charge in [-0.05, 0) is 44.9 Å². The molecule has 0 rings (SSSR count). The predicted molar refractivity (Wildman–Crippen MR) is 151 cm³/mol. The second-order valence-corrected chi connectivity index (χ2v) is 8.94. The van der Waals surface area contributed by atoms with Gasteiger partial charge in [-0.15, -0.1) is 0 Å². The number of aliphatic hydroxyl groups is 2. The second-order valence-electron chi connectivity index (χ2n) is 8.94. The smallest absolute Gasteiger partial charge is 0.306 e. The summed E-state index contributed by atoms with van der Waals surface area (Å²) in [5, 5.41) is 19.3. The first-order chi connectivity index (χ1) is 18.0. The lowest BCUT2D eigenvalue weighted by atomic mass is 10.1. The molecule has 2 N–H and O–H groups in total. The average Bonchev–Trinajstić information content (AvgIpc) is 2.89. The van der Waals surface area contributed by atoms with Crippen LogP contribution in [0.3, 0.4) is 0 Å². The maximum absolute atomic E-state index is 12.0. The van der Waals surface area contributed by atoms with E-state index < -0.39 is 18.2 Å². The Morgan fingerprint density at radius 3 is 2.24 bits per heavy atom. The molecule has 37 heavy (non-hydrogen) atoms. The minimum absolute atomic E-state index is 0.110. The summed E-state index contributed by atoms with van der Waals surface area (Å²) in [5.41, 5.74) is 0. The zero-order valence-electron chi connectivity index (χ0n) is 23.1. The van der Waals surface area contributed by atoms with E-state index in [-0.39, 0.29) is 25.6 Å². The van der Waals surface area contributed by atoms with Crippen LogP contribution in [0.2, 0.25) is 0 Å². The van der Waals surface area contributed by atoms with E-state index in [1.54, 1.807) is 6.08 Å². The quantitative estimate of drug-likeness (QED) is 0.0678. The summed E-state index contributed by atoms with van der Waals surface area (Å²) in [6, 6.07) is 0. The molecule has 0 amide bonds. The minimum atomic E-state index is -0.817. The van der Waals surface area contributed by atoms with Crippen molar-refractivity contribution >= 4 is 11.9 Å². The van der Waals surface area contributed by atoms with Crippen LogP contribution in [0.25, 0.3) is 0 Å². The molecule has 0 aromatic carbocycles. The number of carbonyl (C=O) groups excluding carboxylic acids is 2. The Hall–Kier alpha value is -2.44. The van der Waals surface area contributed by atoms with Crippen LogP contribution in [0, 0.1) is 0 Å². The number of hydrogen-bond donors (Lipinski definition) is 2. The highest BCUT2D eigenvalue weighted by Gasteiger charge is 2.15. The average molecular weight is 519 g/mol. The molecule has 0 fully saturated rings. The van der Waals surface area contributed by atoms with Crippen molar-refractivity contribution in [2.75, 3.05) is 13.2 Å². The maximum atomic E-state index is 12.0. The third-order valence-corrected chi connectivity index (χ3v) is 5.41. The summed E-state index contributed by atoms with van der Waals surface area (Å²) >= 11 is 0. The van der Waals surface area contributed by atoms with Gasteiger partial charge in [0.25, 0.3) is 0 Å². The van der Waals surface area contributed by atoms with Crippen LogP contribution >= 0.6 is 0 Å². The largest absolute Gasteiger partial charge is 0.462 e. The molecule has 0 aliphatic heterocycles. The molecule has 0 bridgehead atoms. The highest BCUT2D eigenvalue weighted by Crippen LogP contribution is 2.07. The third kappa shape index (κ3) is 25.0. The molecule has 0 aliphatic carbocycles. The first kappa shape index (κ1) is 34.6. The first-order valence-electron chi connectivity index (χ1n) is 14.0. The molecule has 0 spiro atoms. The fourth-order valence-corrected chi connectivity index (χ4v) is 3.26. The maximum Gasteiger partial charge on any atom is 0.306 e. The van der Waals surface area contributed by atoms with Crippen molar-refractivity contribution in [2.45, 2.75) is 110 Å². The molecule has 0 aromatic rings. The second kappa shape index (κ2) is 26.6. The van der Waals surface area contributed by atoms with E-state index in [0.29, 0.717) is 19.3 Å². The van der Waals surface area contributed by atoms with Gasteiger partial charge in [-0.25, -0.2) is 0 Å². The van der Waals surface area contributed by atoms with Crippen LogP contribution in [0.5, 0.6) is 0 Å². The predicted octanol–water partition coefficient (Wildman–Crippen LogP) is 6.69. The molecular formula is C31H50O6. The first-order valence-corrected chi connectivity index (χ1v) is 14.0. The molecule has 0 radical (unpaired) electrons. The van der Waals surface area contributed by atoms with Gasteiger partial charge >= 0.3 is 11.9 Å². The molecule has 0 saturated heterocycles. The Balaban J connectivity index is 3.88. The van der Waals surface area contributed by atoms with Crippen LogP contribution < -0.4 is 0 Å². The Morgan fingerprint density at radius 2 is 1.49 bits per heavy atom. The molecule has 0 aromatic heterocycles. The zero-order chi connectivity index (χ0) is 27.4. The van der Waals surface area contributed by atoms with E-state index in [1.165, 1.54) is 6.42 Å². The molecule has 1 unspecified atom stereocenters. The fourth-order valence-electron chi connectivity index (χ4n) is 3.26. The Bertz CT molecular complexity index is 704. The van der Waals surface area contributed by atoms with Gasteiger partial charge in [-0.3, -0.25) is 9.59 Å². The summed E-state index contributed by atoms with van der Waals surface area (Å²) < 4.78 is 10.3. The van der Waals surface area contributed by atoms with Crippen molar-refractivity contribution in [3.05, 3.63) is 60.8 Å².